The van der Waals surface area contributed by atoms with E-state index in [-0.39, 0.29) is 30.7 Å². The van der Waals surface area contributed by atoms with Crippen LogP contribution in [-0.2, 0) is 28.8 Å². The Hall–Kier alpha value is -3.03. The highest BCUT2D eigenvalue weighted by atomic mass is 19.4. The van der Waals surface area contributed by atoms with E-state index in [0.29, 0.717) is 23.3 Å². The maximum absolute atomic E-state index is 12.5. The summed E-state index contributed by atoms with van der Waals surface area (Å²) >= 11 is 0. The molecule has 0 unspecified atom stereocenters. The SMILES string of the molecule is O=C(COc1ccc(CC=NOCc2ccc(C(F)(F)F)cc2)c(O)c1)C1CC1. The Morgan fingerprint density at radius 2 is 1.90 bits per heavy atom. The summed E-state index contributed by atoms with van der Waals surface area (Å²) < 4.78 is 42.9. The molecule has 8 heteroatoms. The molecule has 0 amide bonds. The predicted molar refractivity (Wildman–Crippen MR) is 99.8 cm³/mol. The molecule has 1 aliphatic rings. The number of oxime groups is 1. The number of phenolic OH excluding ortho intramolecular Hbond substituents is 1. The first-order chi connectivity index (χ1) is 13.8. The maximum atomic E-state index is 12.5. The molecule has 1 N–H and O–H groups in total. The Bertz CT molecular complexity index is 874. The summed E-state index contributed by atoms with van der Waals surface area (Å²) in [5.41, 5.74) is 0.428. The molecule has 0 aliphatic heterocycles. The largest absolute Gasteiger partial charge is 0.508 e. The molecule has 1 saturated carbocycles. The van der Waals surface area contributed by atoms with Gasteiger partial charge in [-0.3, -0.25) is 4.79 Å². The second-order valence-corrected chi connectivity index (χ2v) is 6.78. The van der Waals surface area contributed by atoms with Crippen molar-refractivity contribution in [3.63, 3.8) is 0 Å². The summed E-state index contributed by atoms with van der Waals surface area (Å²) in [7, 11) is 0. The highest BCUT2D eigenvalue weighted by Gasteiger charge is 2.30. The molecule has 0 saturated heterocycles. The van der Waals surface area contributed by atoms with Crippen LogP contribution in [0, 0.1) is 5.92 Å². The second kappa shape index (κ2) is 8.98. The van der Waals surface area contributed by atoms with Crippen molar-refractivity contribution in [2.75, 3.05) is 6.61 Å². The number of phenols is 1. The van der Waals surface area contributed by atoms with Gasteiger partial charge >= 0.3 is 6.18 Å². The van der Waals surface area contributed by atoms with Crippen molar-refractivity contribution >= 4 is 12.0 Å². The molecule has 3 rings (SSSR count). The van der Waals surface area contributed by atoms with Gasteiger partial charge in [-0.25, -0.2) is 0 Å². The minimum absolute atomic E-state index is 0.00268. The van der Waals surface area contributed by atoms with Gasteiger partial charge in [0.15, 0.2) is 5.78 Å². The fourth-order valence-electron chi connectivity index (χ4n) is 2.57. The first-order valence-electron chi connectivity index (χ1n) is 9.10. The van der Waals surface area contributed by atoms with Crippen LogP contribution >= 0.6 is 0 Å². The Labute approximate surface area is 165 Å². The van der Waals surface area contributed by atoms with Crippen LogP contribution in [0.5, 0.6) is 11.5 Å². The third-order valence-corrected chi connectivity index (χ3v) is 4.44. The Kier molecular flexibility index (Phi) is 6.41. The Morgan fingerprint density at radius 3 is 2.52 bits per heavy atom. The molecule has 2 aromatic carbocycles. The molecule has 0 spiro atoms. The van der Waals surface area contributed by atoms with Gasteiger partial charge in [-0.2, -0.15) is 13.2 Å². The number of alkyl halides is 3. The lowest BCUT2D eigenvalue weighted by molar-refractivity contribution is -0.137. The highest BCUT2D eigenvalue weighted by molar-refractivity contribution is 5.84. The van der Waals surface area contributed by atoms with E-state index >= 15 is 0 Å². The standard InChI is InChI=1S/C21H20F3NO4/c22-21(23,24)17-6-1-14(2-7-17)12-29-25-10-9-16-5-8-18(11-19(16)26)28-13-20(27)15-3-4-15/h1-2,5-8,10-11,15,26H,3-4,9,12-13H2. The molecule has 2 aromatic rings. The van der Waals surface area contributed by atoms with Crippen LogP contribution in [-0.4, -0.2) is 23.7 Å². The van der Waals surface area contributed by atoms with Gasteiger partial charge in [0.1, 0.15) is 24.7 Å². The minimum atomic E-state index is -4.37. The summed E-state index contributed by atoms with van der Waals surface area (Å²) in [6.07, 6.45) is -0.789. The zero-order chi connectivity index (χ0) is 20.9. The summed E-state index contributed by atoms with van der Waals surface area (Å²) in [4.78, 5) is 16.7. The van der Waals surface area contributed by atoms with Crippen LogP contribution < -0.4 is 4.74 Å². The molecule has 154 valence electrons. The number of Topliss-reactive ketones (excluding diaryl/α,β-unsaturated/α-hetero) is 1. The van der Waals surface area contributed by atoms with E-state index < -0.39 is 11.7 Å². The van der Waals surface area contributed by atoms with Crippen molar-refractivity contribution in [2.45, 2.75) is 32.0 Å². The number of hydrogen-bond acceptors (Lipinski definition) is 5. The molecule has 0 atom stereocenters. The number of hydrogen-bond donors (Lipinski definition) is 1. The molecular formula is C21H20F3NO4. The summed E-state index contributed by atoms with van der Waals surface area (Å²) in [5.74, 6) is 0.624. The van der Waals surface area contributed by atoms with Crippen molar-refractivity contribution in [1.82, 2.24) is 0 Å². The molecule has 1 aliphatic carbocycles. The van der Waals surface area contributed by atoms with Crippen molar-refractivity contribution in [3.05, 3.63) is 59.2 Å². The van der Waals surface area contributed by atoms with E-state index in [4.69, 9.17) is 9.57 Å². The predicted octanol–water partition coefficient (Wildman–Crippen LogP) is 4.51. The monoisotopic (exact) mass is 407 g/mol. The van der Waals surface area contributed by atoms with Gasteiger partial charge in [-0.15, -0.1) is 0 Å². The van der Waals surface area contributed by atoms with Crippen LogP contribution in [0.25, 0.3) is 0 Å². The molecule has 0 radical (unpaired) electrons. The smallest absolute Gasteiger partial charge is 0.416 e. The molecule has 29 heavy (non-hydrogen) atoms. The van der Waals surface area contributed by atoms with Gasteiger partial charge in [-0.1, -0.05) is 23.4 Å². The van der Waals surface area contributed by atoms with Gasteiger partial charge in [0.05, 0.1) is 5.56 Å². The summed E-state index contributed by atoms with van der Waals surface area (Å²) in [6, 6.07) is 9.39. The Morgan fingerprint density at radius 1 is 1.17 bits per heavy atom. The van der Waals surface area contributed by atoms with E-state index in [2.05, 4.69) is 5.16 Å². The van der Waals surface area contributed by atoms with Gasteiger partial charge in [0.2, 0.25) is 0 Å². The summed E-state index contributed by atoms with van der Waals surface area (Å²) in [5, 5.41) is 13.8. The lowest BCUT2D eigenvalue weighted by Crippen LogP contribution is -2.12. The van der Waals surface area contributed by atoms with Gasteiger partial charge in [-0.05, 0) is 42.2 Å². The van der Waals surface area contributed by atoms with Gasteiger partial charge < -0.3 is 14.7 Å². The zero-order valence-electron chi connectivity index (χ0n) is 15.5. The molecule has 0 aromatic heterocycles. The second-order valence-electron chi connectivity index (χ2n) is 6.78. The van der Waals surface area contributed by atoms with E-state index in [9.17, 15) is 23.1 Å². The number of rotatable bonds is 9. The van der Waals surface area contributed by atoms with Crippen LogP contribution in [0.2, 0.25) is 0 Å². The van der Waals surface area contributed by atoms with Crippen LogP contribution in [0.15, 0.2) is 47.6 Å². The fourth-order valence-corrected chi connectivity index (χ4v) is 2.57. The normalized spacial score (nSPS) is 14.2. The molecular weight excluding hydrogens is 387 g/mol. The third kappa shape index (κ3) is 6.23. The fraction of sp³-hybridized carbons (Fsp3) is 0.333. The van der Waals surface area contributed by atoms with E-state index in [1.54, 1.807) is 12.1 Å². The number of benzene rings is 2. The van der Waals surface area contributed by atoms with E-state index in [0.717, 1.165) is 25.0 Å². The third-order valence-electron chi connectivity index (χ3n) is 4.44. The number of aromatic hydroxyl groups is 1. The average Bonchev–Trinajstić information content (AvgIpc) is 3.52. The molecule has 0 heterocycles. The number of ether oxygens (including phenoxy) is 1. The van der Waals surface area contributed by atoms with Crippen LogP contribution in [0.1, 0.15) is 29.5 Å². The average molecular weight is 407 g/mol. The lowest BCUT2D eigenvalue weighted by Gasteiger charge is -2.08. The zero-order valence-corrected chi connectivity index (χ0v) is 15.5. The van der Waals surface area contributed by atoms with E-state index in [1.165, 1.54) is 24.4 Å². The number of carbonyl (C=O) groups is 1. The van der Waals surface area contributed by atoms with Crippen LogP contribution in [0.4, 0.5) is 13.2 Å². The van der Waals surface area contributed by atoms with Crippen molar-refractivity contribution in [3.8, 4) is 11.5 Å². The minimum Gasteiger partial charge on any atom is -0.508 e. The van der Waals surface area contributed by atoms with Crippen molar-refractivity contribution in [1.29, 1.82) is 0 Å². The first-order valence-corrected chi connectivity index (χ1v) is 9.10. The lowest BCUT2D eigenvalue weighted by atomic mass is 10.1. The number of nitrogens with zero attached hydrogens (tertiary/aromatic N) is 1. The molecule has 1 fully saturated rings. The highest BCUT2D eigenvalue weighted by Crippen LogP contribution is 2.31. The quantitative estimate of drug-likeness (QED) is 0.490. The van der Waals surface area contributed by atoms with Gasteiger partial charge in [0.25, 0.3) is 0 Å². The van der Waals surface area contributed by atoms with Crippen LogP contribution in [0.3, 0.4) is 0 Å². The first kappa shape index (κ1) is 20.7. The Balaban J connectivity index is 1.43. The maximum Gasteiger partial charge on any atom is 0.416 e. The topological polar surface area (TPSA) is 68.1 Å². The number of ketones is 1. The molecule has 0 bridgehead atoms. The van der Waals surface area contributed by atoms with Crippen molar-refractivity contribution in [2.24, 2.45) is 11.1 Å². The number of halogens is 3. The van der Waals surface area contributed by atoms with Gasteiger partial charge in [0, 0.05) is 24.6 Å². The number of carbonyl (C=O) groups excluding carboxylic acids is 1. The molecule has 5 nitrogen and oxygen atoms in total. The van der Waals surface area contributed by atoms with Crippen molar-refractivity contribution < 1.29 is 32.6 Å². The summed E-state index contributed by atoms with van der Waals surface area (Å²) in [6.45, 7) is 0.0329. The van der Waals surface area contributed by atoms with E-state index in [1.807, 2.05) is 0 Å².